The summed E-state index contributed by atoms with van der Waals surface area (Å²) in [5.74, 6) is 0. The van der Waals surface area contributed by atoms with Gasteiger partial charge < -0.3 is 5.11 Å². The van der Waals surface area contributed by atoms with E-state index in [1.54, 1.807) is 0 Å². The van der Waals surface area contributed by atoms with Crippen LogP contribution in [0, 0.1) is 0 Å². The lowest BCUT2D eigenvalue weighted by atomic mass is 9.76. The minimum atomic E-state index is -0.731. The molecule has 2 heteroatoms. The van der Waals surface area contributed by atoms with Gasteiger partial charge in [0.25, 0.3) is 0 Å². The Balaban J connectivity index is 1.64. The minimum Gasteiger partial charge on any atom is -0.387 e. The quantitative estimate of drug-likeness (QED) is 0.200. The van der Waals surface area contributed by atoms with Gasteiger partial charge in [-0.25, -0.2) is 0 Å². The standard InChI is InChI=1S/C36H33NO/c38-35(27-26-29-16-6-1-7-17-29)34(28-30-18-8-2-9-19-30)37-36(31-20-10-3-11-21-31,32-22-12-4-13-23-32)33-24-14-5-15-25-33/h1-27,34-35,37-38H,28H2/b27-26+/t34-,35-/m0/s1. The Labute approximate surface area is 226 Å². The Hall–Kier alpha value is -4.24. The van der Waals surface area contributed by atoms with Gasteiger partial charge in [-0.15, -0.1) is 0 Å². The first-order valence-corrected chi connectivity index (χ1v) is 13.2. The lowest BCUT2D eigenvalue weighted by Gasteiger charge is -2.41. The second-order valence-electron chi connectivity index (χ2n) is 9.55. The second-order valence-corrected chi connectivity index (χ2v) is 9.55. The molecule has 0 aromatic heterocycles. The van der Waals surface area contributed by atoms with Crippen LogP contribution in [0.1, 0.15) is 27.8 Å². The Morgan fingerprint density at radius 3 is 1.39 bits per heavy atom. The maximum absolute atomic E-state index is 11.7. The Morgan fingerprint density at radius 1 is 0.553 bits per heavy atom. The highest BCUT2D eigenvalue weighted by Gasteiger charge is 2.39. The van der Waals surface area contributed by atoms with Crippen molar-refractivity contribution in [2.45, 2.75) is 24.1 Å². The van der Waals surface area contributed by atoms with E-state index in [-0.39, 0.29) is 6.04 Å². The molecule has 0 amide bonds. The van der Waals surface area contributed by atoms with Gasteiger partial charge in [0.05, 0.1) is 11.6 Å². The molecule has 0 radical (unpaired) electrons. The van der Waals surface area contributed by atoms with Gasteiger partial charge in [-0.3, -0.25) is 5.32 Å². The fraction of sp³-hybridized carbons (Fsp3) is 0.111. The molecule has 0 aliphatic heterocycles. The molecule has 5 aromatic carbocycles. The largest absolute Gasteiger partial charge is 0.387 e. The van der Waals surface area contributed by atoms with Gasteiger partial charge in [0.1, 0.15) is 0 Å². The van der Waals surface area contributed by atoms with E-state index in [1.807, 2.05) is 66.7 Å². The number of aliphatic hydroxyl groups excluding tert-OH is 1. The highest BCUT2D eigenvalue weighted by molar-refractivity contribution is 5.51. The van der Waals surface area contributed by atoms with Crippen LogP contribution in [0.15, 0.2) is 158 Å². The minimum absolute atomic E-state index is 0.280. The Kier molecular flexibility index (Phi) is 8.25. The van der Waals surface area contributed by atoms with Crippen LogP contribution in [0.4, 0.5) is 0 Å². The van der Waals surface area contributed by atoms with Crippen LogP contribution >= 0.6 is 0 Å². The maximum Gasteiger partial charge on any atom is 0.0951 e. The van der Waals surface area contributed by atoms with Crippen molar-refractivity contribution in [3.63, 3.8) is 0 Å². The molecule has 0 saturated carbocycles. The first-order chi connectivity index (χ1) is 18.8. The molecule has 188 valence electrons. The summed E-state index contributed by atoms with van der Waals surface area (Å²) < 4.78 is 0. The smallest absolute Gasteiger partial charge is 0.0951 e. The SMILES string of the molecule is O[C@@H](/C=C/c1ccccc1)[C@H](Cc1ccccc1)NC(c1ccccc1)(c1ccccc1)c1ccccc1. The van der Waals surface area contributed by atoms with Gasteiger partial charge in [-0.1, -0.05) is 164 Å². The lowest BCUT2D eigenvalue weighted by molar-refractivity contribution is 0.156. The van der Waals surface area contributed by atoms with Crippen molar-refractivity contribution in [2.75, 3.05) is 0 Å². The van der Waals surface area contributed by atoms with E-state index < -0.39 is 11.6 Å². The highest BCUT2D eigenvalue weighted by Crippen LogP contribution is 2.38. The summed E-state index contributed by atoms with van der Waals surface area (Å²) in [4.78, 5) is 0. The zero-order valence-corrected chi connectivity index (χ0v) is 21.4. The summed E-state index contributed by atoms with van der Waals surface area (Å²) in [5, 5.41) is 15.7. The molecule has 0 heterocycles. The first kappa shape index (κ1) is 25.4. The molecular formula is C36H33NO. The third-order valence-corrected chi connectivity index (χ3v) is 7.02. The number of rotatable bonds is 10. The number of aliphatic hydroxyl groups is 1. The first-order valence-electron chi connectivity index (χ1n) is 13.2. The van der Waals surface area contributed by atoms with Crippen LogP contribution in [0.3, 0.4) is 0 Å². The van der Waals surface area contributed by atoms with Crippen molar-refractivity contribution in [3.8, 4) is 0 Å². The third kappa shape index (κ3) is 5.84. The average Bonchev–Trinajstić information content (AvgIpc) is 3.00. The highest BCUT2D eigenvalue weighted by atomic mass is 16.3. The molecule has 0 spiro atoms. The predicted octanol–water partition coefficient (Wildman–Crippen LogP) is 7.25. The van der Waals surface area contributed by atoms with Crippen molar-refractivity contribution in [2.24, 2.45) is 0 Å². The van der Waals surface area contributed by atoms with Crippen LogP contribution in [0.5, 0.6) is 0 Å². The molecule has 2 atom stereocenters. The molecule has 0 aliphatic rings. The predicted molar refractivity (Wildman–Crippen MR) is 158 cm³/mol. The van der Waals surface area contributed by atoms with Gasteiger partial charge in [0.2, 0.25) is 0 Å². The van der Waals surface area contributed by atoms with E-state index in [1.165, 1.54) is 5.56 Å². The van der Waals surface area contributed by atoms with E-state index in [9.17, 15) is 5.11 Å². The van der Waals surface area contributed by atoms with Crippen molar-refractivity contribution in [3.05, 3.63) is 186 Å². The summed E-state index contributed by atoms with van der Waals surface area (Å²) in [6.45, 7) is 0. The monoisotopic (exact) mass is 495 g/mol. The van der Waals surface area contributed by atoms with Gasteiger partial charge in [0, 0.05) is 6.04 Å². The molecule has 5 aromatic rings. The zero-order valence-electron chi connectivity index (χ0n) is 21.4. The van der Waals surface area contributed by atoms with E-state index in [0.29, 0.717) is 6.42 Å². The van der Waals surface area contributed by atoms with Gasteiger partial charge in [-0.05, 0) is 34.2 Å². The molecular weight excluding hydrogens is 462 g/mol. The molecule has 38 heavy (non-hydrogen) atoms. The fourth-order valence-electron chi connectivity index (χ4n) is 5.13. The number of nitrogens with one attached hydrogen (secondary N) is 1. The molecule has 0 unspecified atom stereocenters. The normalized spacial score (nSPS) is 13.3. The topological polar surface area (TPSA) is 32.3 Å². The van der Waals surface area contributed by atoms with Crippen LogP contribution in [-0.4, -0.2) is 17.3 Å². The van der Waals surface area contributed by atoms with Crippen molar-refractivity contribution < 1.29 is 5.11 Å². The molecule has 0 saturated heterocycles. The molecule has 0 aliphatic carbocycles. The fourth-order valence-corrected chi connectivity index (χ4v) is 5.13. The van der Waals surface area contributed by atoms with Crippen molar-refractivity contribution >= 4 is 6.08 Å². The zero-order chi connectivity index (χ0) is 26.0. The van der Waals surface area contributed by atoms with Crippen molar-refractivity contribution in [1.82, 2.24) is 5.32 Å². The van der Waals surface area contributed by atoms with Crippen molar-refractivity contribution in [1.29, 1.82) is 0 Å². The van der Waals surface area contributed by atoms with Crippen LogP contribution in [0.2, 0.25) is 0 Å². The summed E-state index contributed by atoms with van der Waals surface area (Å²) in [6, 6.07) is 51.8. The molecule has 2 nitrogen and oxygen atoms in total. The molecule has 5 rings (SSSR count). The van der Waals surface area contributed by atoms with Gasteiger partial charge in [-0.2, -0.15) is 0 Å². The number of benzene rings is 5. The molecule has 0 fully saturated rings. The van der Waals surface area contributed by atoms with E-state index >= 15 is 0 Å². The summed E-state index contributed by atoms with van der Waals surface area (Å²) in [5.41, 5.74) is 4.91. The van der Waals surface area contributed by atoms with Gasteiger partial charge in [0.15, 0.2) is 0 Å². The second kappa shape index (κ2) is 12.3. The summed E-state index contributed by atoms with van der Waals surface area (Å²) in [6.07, 6.45) is 3.84. The van der Waals surface area contributed by atoms with Crippen LogP contribution < -0.4 is 5.32 Å². The van der Waals surface area contributed by atoms with E-state index in [0.717, 1.165) is 22.3 Å². The molecule has 2 N–H and O–H groups in total. The van der Waals surface area contributed by atoms with E-state index in [2.05, 4.69) is 102 Å². The number of hydrogen-bond acceptors (Lipinski definition) is 2. The maximum atomic E-state index is 11.7. The lowest BCUT2D eigenvalue weighted by Crippen LogP contribution is -2.54. The Morgan fingerprint density at radius 2 is 0.947 bits per heavy atom. The molecule has 0 bridgehead atoms. The Bertz CT molecular complexity index is 1300. The van der Waals surface area contributed by atoms with E-state index in [4.69, 9.17) is 0 Å². The van der Waals surface area contributed by atoms with Crippen LogP contribution in [0.25, 0.3) is 6.08 Å². The van der Waals surface area contributed by atoms with Crippen LogP contribution in [-0.2, 0) is 12.0 Å². The van der Waals surface area contributed by atoms with Gasteiger partial charge >= 0.3 is 0 Å². The summed E-state index contributed by atoms with van der Waals surface area (Å²) in [7, 11) is 0. The summed E-state index contributed by atoms with van der Waals surface area (Å²) >= 11 is 0. The number of hydrogen-bond donors (Lipinski definition) is 2. The average molecular weight is 496 g/mol. The third-order valence-electron chi connectivity index (χ3n) is 7.02.